The minimum atomic E-state index is 0.0105. The topological polar surface area (TPSA) is 50.4 Å². The monoisotopic (exact) mass is 256 g/mol. The second kappa shape index (κ2) is 8.48. The van der Waals surface area contributed by atoms with E-state index in [1.165, 1.54) is 12.8 Å². The molecule has 1 amide bonds. The quantitative estimate of drug-likeness (QED) is 0.731. The van der Waals surface area contributed by atoms with E-state index in [1.807, 2.05) is 14.0 Å². The zero-order valence-corrected chi connectivity index (χ0v) is 12.0. The first-order valence-corrected chi connectivity index (χ1v) is 7.25. The summed E-state index contributed by atoms with van der Waals surface area (Å²) in [6.07, 6.45) is 6.97. The molecule has 0 saturated heterocycles. The van der Waals surface area contributed by atoms with Gasteiger partial charge in [-0.2, -0.15) is 0 Å². The summed E-state index contributed by atoms with van der Waals surface area (Å²) in [6.45, 7) is 4.36. The third-order valence-corrected chi connectivity index (χ3v) is 3.63. The molecule has 1 fully saturated rings. The molecule has 0 heterocycles. The molecule has 0 bridgehead atoms. The van der Waals surface area contributed by atoms with E-state index in [4.69, 9.17) is 4.74 Å². The molecule has 18 heavy (non-hydrogen) atoms. The minimum absolute atomic E-state index is 0.0105. The highest BCUT2D eigenvalue weighted by Crippen LogP contribution is 2.20. The molecule has 2 N–H and O–H groups in total. The van der Waals surface area contributed by atoms with Crippen molar-refractivity contribution < 1.29 is 9.53 Å². The third-order valence-electron chi connectivity index (χ3n) is 3.63. The molecule has 0 aromatic rings. The molecule has 0 spiro atoms. The Morgan fingerprint density at radius 3 is 2.78 bits per heavy atom. The van der Waals surface area contributed by atoms with E-state index in [1.54, 1.807) is 0 Å². The average molecular weight is 256 g/mol. The molecule has 1 rings (SSSR count). The first kappa shape index (κ1) is 15.4. The zero-order chi connectivity index (χ0) is 13.4. The van der Waals surface area contributed by atoms with Gasteiger partial charge in [-0.3, -0.25) is 4.79 Å². The summed E-state index contributed by atoms with van der Waals surface area (Å²) in [5.41, 5.74) is 0. The van der Waals surface area contributed by atoms with Crippen LogP contribution in [0.4, 0.5) is 0 Å². The molecule has 4 heteroatoms. The first-order valence-electron chi connectivity index (χ1n) is 7.25. The van der Waals surface area contributed by atoms with Crippen LogP contribution in [0.1, 0.15) is 52.4 Å². The minimum Gasteiger partial charge on any atom is -0.367 e. The summed E-state index contributed by atoms with van der Waals surface area (Å²) < 4.78 is 5.75. The van der Waals surface area contributed by atoms with Crippen molar-refractivity contribution in [2.45, 2.75) is 70.6 Å². The fourth-order valence-electron chi connectivity index (χ4n) is 2.63. The molecule has 0 aliphatic heterocycles. The van der Waals surface area contributed by atoms with Crippen molar-refractivity contribution in [2.75, 3.05) is 13.7 Å². The maximum atomic E-state index is 11.7. The van der Waals surface area contributed by atoms with Gasteiger partial charge in [0, 0.05) is 12.1 Å². The lowest BCUT2D eigenvalue weighted by Crippen LogP contribution is -2.44. The molecule has 0 radical (unpaired) electrons. The van der Waals surface area contributed by atoms with Gasteiger partial charge < -0.3 is 15.4 Å². The van der Waals surface area contributed by atoms with Gasteiger partial charge in [0.1, 0.15) is 6.61 Å². The number of hydrogen-bond donors (Lipinski definition) is 2. The Bertz CT molecular complexity index is 246. The SMILES string of the molecule is CCCC(C)NC(=O)COC1CCCCC1NC. The second-order valence-electron chi connectivity index (χ2n) is 5.29. The highest BCUT2D eigenvalue weighted by atomic mass is 16.5. The van der Waals surface area contributed by atoms with E-state index in [0.29, 0.717) is 6.04 Å². The van der Waals surface area contributed by atoms with Crippen LogP contribution in [0.15, 0.2) is 0 Å². The zero-order valence-electron chi connectivity index (χ0n) is 12.0. The molecule has 3 atom stereocenters. The normalized spacial score (nSPS) is 25.7. The Balaban J connectivity index is 2.24. The number of amides is 1. The molecular weight excluding hydrogens is 228 g/mol. The van der Waals surface area contributed by atoms with Gasteiger partial charge in [0.2, 0.25) is 5.91 Å². The fourth-order valence-corrected chi connectivity index (χ4v) is 2.63. The van der Waals surface area contributed by atoms with E-state index < -0.39 is 0 Å². The van der Waals surface area contributed by atoms with Crippen molar-refractivity contribution in [1.82, 2.24) is 10.6 Å². The van der Waals surface area contributed by atoms with Gasteiger partial charge in [0.05, 0.1) is 6.10 Å². The van der Waals surface area contributed by atoms with Crippen LogP contribution in [0.25, 0.3) is 0 Å². The number of rotatable bonds is 7. The third kappa shape index (κ3) is 5.36. The van der Waals surface area contributed by atoms with Gasteiger partial charge in [0.25, 0.3) is 0 Å². The van der Waals surface area contributed by atoms with Gasteiger partial charge in [-0.05, 0) is 33.2 Å². The fraction of sp³-hybridized carbons (Fsp3) is 0.929. The number of nitrogens with one attached hydrogen (secondary N) is 2. The van der Waals surface area contributed by atoms with Gasteiger partial charge in [0.15, 0.2) is 0 Å². The summed E-state index contributed by atoms with van der Waals surface area (Å²) in [5.74, 6) is 0.0105. The molecule has 1 aliphatic rings. The lowest BCUT2D eigenvalue weighted by Gasteiger charge is -2.31. The summed E-state index contributed by atoms with van der Waals surface area (Å²) in [6, 6.07) is 0.650. The Morgan fingerprint density at radius 2 is 2.11 bits per heavy atom. The molecule has 106 valence electrons. The lowest BCUT2D eigenvalue weighted by molar-refractivity contribution is -0.129. The van der Waals surface area contributed by atoms with Crippen molar-refractivity contribution in [2.24, 2.45) is 0 Å². The smallest absolute Gasteiger partial charge is 0.246 e. The van der Waals surface area contributed by atoms with Crippen LogP contribution in [0.2, 0.25) is 0 Å². The Hall–Kier alpha value is -0.610. The highest BCUT2D eigenvalue weighted by Gasteiger charge is 2.24. The van der Waals surface area contributed by atoms with Crippen molar-refractivity contribution >= 4 is 5.91 Å². The molecule has 1 aliphatic carbocycles. The van der Waals surface area contributed by atoms with Crippen LogP contribution < -0.4 is 10.6 Å². The van der Waals surface area contributed by atoms with E-state index in [0.717, 1.165) is 25.7 Å². The second-order valence-corrected chi connectivity index (χ2v) is 5.29. The van der Waals surface area contributed by atoms with Crippen molar-refractivity contribution in [1.29, 1.82) is 0 Å². The molecule has 0 aromatic carbocycles. The summed E-state index contributed by atoms with van der Waals surface area (Å²) in [5, 5.41) is 6.25. The number of carbonyl (C=O) groups excluding carboxylic acids is 1. The van der Waals surface area contributed by atoms with Gasteiger partial charge in [-0.1, -0.05) is 26.2 Å². The van der Waals surface area contributed by atoms with E-state index >= 15 is 0 Å². The number of likely N-dealkylation sites (N-methyl/N-ethyl adjacent to an activating group) is 1. The maximum Gasteiger partial charge on any atom is 0.246 e. The Labute approximate surface area is 111 Å². The molecule has 1 saturated carbocycles. The van der Waals surface area contributed by atoms with Gasteiger partial charge in [-0.25, -0.2) is 0 Å². The lowest BCUT2D eigenvalue weighted by atomic mass is 9.92. The predicted octanol–water partition coefficient (Wildman–Crippen LogP) is 1.84. The van der Waals surface area contributed by atoms with Crippen LogP contribution in [-0.2, 0) is 9.53 Å². The van der Waals surface area contributed by atoms with E-state index in [9.17, 15) is 4.79 Å². The first-order chi connectivity index (χ1) is 8.67. The van der Waals surface area contributed by atoms with Crippen molar-refractivity contribution in [3.05, 3.63) is 0 Å². The summed E-state index contributed by atoms with van der Waals surface area (Å²) in [7, 11) is 1.97. The number of hydrogen-bond acceptors (Lipinski definition) is 3. The largest absolute Gasteiger partial charge is 0.367 e. The van der Waals surface area contributed by atoms with Gasteiger partial charge >= 0.3 is 0 Å². The Morgan fingerprint density at radius 1 is 1.39 bits per heavy atom. The number of ether oxygens (including phenoxy) is 1. The standard InChI is InChI=1S/C14H28N2O2/c1-4-7-11(2)16-14(17)10-18-13-9-6-5-8-12(13)15-3/h11-13,15H,4-10H2,1-3H3,(H,16,17). The van der Waals surface area contributed by atoms with Crippen molar-refractivity contribution in [3.63, 3.8) is 0 Å². The van der Waals surface area contributed by atoms with Crippen LogP contribution in [0, 0.1) is 0 Å². The predicted molar refractivity (Wildman–Crippen MR) is 73.6 cm³/mol. The van der Waals surface area contributed by atoms with E-state index in [-0.39, 0.29) is 24.7 Å². The average Bonchev–Trinajstić information content (AvgIpc) is 2.37. The van der Waals surface area contributed by atoms with Crippen LogP contribution in [0.3, 0.4) is 0 Å². The van der Waals surface area contributed by atoms with E-state index in [2.05, 4.69) is 17.6 Å². The highest BCUT2D eigenvalue weighted by molar-refractivity contribution is 5.77. The van der Waals surface area contributed by atoms with Crippen LogP contribution >= 0.6 is 0 Å². The number of carbonyl (C=O) groups is 1. The molecule has 3 unspecified atom stereocenters. The maximum absolute atomic E-state index is 11.7. The van der Waals surface area contributed by atoms with Crippen LogP contribution in [-0.4, -0.2) is 37.7 Å². The van der Waals surface area contributed by atoms with Gasteiger partial charge in [-0.15, -0.1) is 0 Å². The van der Waals surface area contributed by atoms with Crippen LogP contribution in [0.5, 0.6) is 0 Å². The summed E-state index contributed by atoms with van der Waals surface area (Å²) >= 11 is 0. The molecule has 0 aromatic heterocycles. The van der Waals surface area contributed by atoms with Crippen molar-refractivity contribution in [3.8, 4) is 0 Å². The molecule has 4 nitrogen and oxygen atoms in total. The summed E-state index contributed by atoms with van der Waals surface area (Å²) in [4.78, 5) is 11.7. The molecular formula is C14H28N2O2. The Kier molecular flexibility index (Phi) is 7.28.